The normalized spacial score (nSPS) is 10.6. The van der Waals surface area contributed by atoms with E-state index in [0.29, 0.717) is 10.7 Å². The van der Waals surface area contributed by atoms with E-state index in [1.54, 1.807) is 34.8 Å². The molecule has 0 bridgehead atoms. The Balaban J connectivity index is 1.67. The van der Waals surface area contributed by atoms with Crippen molar-refractivity contribution in [1.29, 1.82) is 0 Å². The monoisotopic (exact) mass is 412 g/mol. The lowest BCUT2D eigenvalue weighted by Gasteiger charge is -2.06. The summed E-state index contributed by atoms with van der Waals surface area (Å²) in [4.78, 5) is 17.7. The van der Waals surface area contributed by atoms with Crippen molar-refractivity contribution in [3.8, 4) is 9.88 Å². The summed E-state index contributed by atoms with van der Waals surface area (Å²) in [7, 11) is 0. The van der Waals surface area contributed by atoms with E-state index in [2.05, 4.69) is 26.2 Å². The Labute approximate surface area is 149 Å². The lowest BCUT2D eigenvalue weighted by molar-refractivity contribution is -0.115. The molecule has 3 aromatic rings. The molecule has 2 heterocycles. The fraction of sp³-hybridized carbons (Fsp3) is 0.0667. The van der Waals surface area contributed by atoms with Crippen LogP contribution in [0.15, 0.2) is 45.6 Å². The Morgan fingerprint density at radius 1 is 1.32 bits per heavy atom. The molecule has 22 heavy (non-hydrogen) atoms. The topological polar surface area (TPSA) is 42.0 Å². The third-order valence-corrected chi connectivity index (χ3v) is 5.57. The Morgan fingerprint density at radius 2 is 2.18 bits per heavy atom. The summed E-state index contributed by atoms with van der Waals surface area (Å²) in [5.74, 6) is -0.132. The highest BCUT2D eigenvalue weighted by Gasteiger charge is 2.11. The van der Waals surface area contributed by atoms with Gasteiger partial charge in [0.15, 0.2) is 0 Å². The number of anilines is 1. The molecule has 0 radical (unpaired) electrons. The van der Waals surface area contributed by atoms with E-state index in [0.717, 1.165) is 20.1 Å². The van der Waals surface area contributed by atoms with Gasteiger partial charge in [-0.2, -0.15) is 0 Å². The summed E-state index contributed by atoms with van der Waals surface area (Å²) in [6.07, 6.45) is 0.230. The number of thiophene rings is 1. The predicted octanol–water partition coefficient (Wildman–Crippen LogP) is 5.47. The van der Waals surface area contributed by atoms with Gasteiger partial charge in [0.05, 0.1) is 27.7 Å². The largest absolute Gasteiger partial charge is 0.324 e. The highest BCUT2D eigenvalue weighted by molar-refractivity contribution is 9.10. The Bertz CT molecular complexity index is 802. The van der Waals surface area contributed by atoms with Gasteiger partial charge in [-0.3, -0.25) is 4.79 Å². The highest BCUT2D eigenvalue weighted by Crippen LogP contribution is 2.28. The van der Waals surface area contributed by atoms with Gasteiger partial charge in [0.25, 0.3) is 0 Å². The molecular formula is C15H10BrClN2OS2. The first-order valence-electron chi connectivity index (χ1n) is 6.35. The smallest absolute Gasteiger partial charge is 0.230 e. The van der Waals surface area contributed by atoms with Crippen LogP contribution in [0.5, 0.6) is 0 Å². The fourth-order valence-electron chi connectivity index (χ4n) is 1.85. The van der Waals surface area contributed by atoms with Gasteiger partial charge in [0.1, 0.15) is 5.01 Å². The standard InChI is InChI=1S/C15H10BrClN2OS2/c16-9-3-4-12(11(17)6-9)19-14(20)7-10-8-22-15(18-10)13-2-1-5-21-13/h1-6,8H,7H2,(H,19,20). The number of aromatic nitrogens is 1. The van der Waals surface area contributed by atoms with Crippen molar-refractivity contribution in [2.45, 2.75) is 6.42 Å². The van der Waals surface area contributed by atoms with E-state index >= 15 is 0 Å². The van der Waals surface area contributed by atoms with Crippen molar-refractivity contribution in [2.75, 3.05) is 5.32 Å². The molecule has 3 nitrogen and oxygen atoms in total. The molecule has 1 amide bonds. The number of benzene rings is 1. The third-order valence-electron chi connectivity index (χ3n) is 2.83. The first-order chi connectivity index (χ1) is 10.6. The molecule has 112 valence electrons. The highest BCUT2D eigenvalue weighted by atomic mass is 79.9. The van der Waals surface area contributed by atoms with Gasteiger partial charge < -0.3 is 5.32 Å². The Kier molecular flexibility index (Phi) is 4.93. The van der Waals surface area contributed by atoms with Crippen molar-refractivity contribution in [1.82, 2.24) is 4.98 Å². The van der Waals surface area contributed by atoms with E-state index in [1.807, 2.05) is 29.0 Å². The summed E-state index contributed by atoms with van der Waals surface area (Å²) in [6.45, 7) is 0. The number of thiazole rings is 1. The number of nitrogens with one attached hydrogen (secondary N) is 1. The van der Waals surface area contributed by atoms with Crippen LogP contribution in [0, 0.1) is 0 Å². The van der Waals surface area contributed by atoms with Crippen LogP contribution >= 0.6 is 50.2 Å². The molecule has 0 aliphatic rings. The predicted molar refractivity (Wildman–Crippen MR) is 96.9 cm³/mol. The maximum absolute atomic E-state index is 12.1. The molecular weight excluding hydrogens is 404 g/mol. The second-order valence-electron chi connectivity index (χ2n) is 4.47. The van der Waals surface area contributed by atoms with Gasteiger partial charge in [-0.15, -0.1) is 22.7 Å². The second-order valence-corrected chi connectivity index (χ2v) is 7.60. The lowest BCUT2D eigenvalue weighted by atomic mass is 10.3. The maximum atomic E-state index is 12.1. The summed E-state index contributed by atoms with van der Waals surface area (Å²) in [6, 6.07) is 9.36. The summed E-state index contributed by atoms with van der Waals surface area (Å²) in [5.41, 5.74) is 1.36. The zero-order valence-electron chi connectivity index (χ0n) is 11.2. The number of halogens is 2. The molecule has 0 fully saturated rings. The van der Waals surface area contributed by atoms with E-state index in [4.69, 9.17) is 11.6 Å². The molecule has 0 atom stereocenters. The molecule has 0 saturated heterocycles. The zero-order valence-corrected chi connectivity index (χ0v) is 15.2. The van der Waals surface area contributed by atoms with Crippen LogP contribution in [0.3, 0.4) is 0 Å². The van der Waals surface area contributed by atoms with Gasteiger partial charge in [0.2, 0.25) is 5.91 Å². The molecule has 1 aromatic carbocycles. The molecule has 7 heteroatoms. The van der Waals surface area contributed by atoms with Crippen LogP contribution in [0.2, 0.25) is 5.02 Å². The first kappa shape index (κ1) is 15.7. The number of carbonyl (C=O) groups is 1. The minimum Gasteiger partial charge on any atom is -0.324 e. The Hall–Kier alpha value is -1.21. The van der Waals surface area contributed by atoms with Crippen LogP contribution < -0.4 is 5.32 Å². The maximum Gasteiger partial charge on any atom is 0.230 e. The van der Waals surface area contributed by atoms with Crippen molar-refractivity contribution in [3.63, 3.8) is 0 Å². The van der Waals surface area contributed by atoms with Crippen LogP contribution in [-0.4, -0.2) is 10.9 Å². The molecule has 2 aromatic heterocycles. The van der Waals surface area contributed by atoms with Gasteiger partial charge >= 0.3 is 0 Å². The Morgan fingerprint density at radius 3 is 2.91 bits per heavy atom. The molecule has 0 spiro atoms. The number of hydrogen-bond acceptors (Lipinski definition) is 4. The van der Waals surface area contributed by atoms with Crippen molar-refractivity contribution in [2.24, 2.45) is 0 Å². The molecule has 0 saturated carbocycles. The average molecular weight is 414 g/mol. The number of hydrogen-bond donors (Lipinski definition) is 1. The van der Waals surface area contributed by atoms with Gasteiger partial charge in [-0.25, -0.2) is 4.98 Å². The number of amides is 1. The van der Waals surface area contributed by atoms with E-state index in [9.17, 15) is 4.79 Å². The number of rotatable bonds is 4. The van der Waals surface area contributed by atoms with Crippen LogP contribution in [-0.2, 0) is 11.2 Å². The molecule has 0 aliphatic heterocycles. The van der Waals surface area contributed by atoms with Gasteiger partial charge in [-0.1, -0.05) is 33.6 Å². The van der Waals surface area contributed by atoms with Gasteiger partial charge in [-0.05, 0) is 29.6 Å². The van der Waals surface area contributed by atoms with Gasteiger partial charge in [0, 0.05) is 9.85 Å². The molecule has 3 rings (SSSR count). The third kappa shape index (κ3) is 3.76. The van der Waals surface area contributed by atoms with Crippen LogP contribution in [0.25, 0.3) is 9.88 Å². The number of carbonyl (C=O) groups excluding carboxylic acids is 1. The quantitative estimate of drug-likeness (QED) is 0.616. The molecule has 0 unspecified atom stereocenters. The average Bonchev–Trinajstić information content (AvgIpc) is 3.12. The zero-order chi connectivity index (χ0) is 15.5. The first-order valence-corrected chi connectivity index (χ1v) is 9.28. The fourth-order valence-corrected chi connectivity index (χ4v) is 4.21. The molecule has 0 aliphatic carbocycles. The summed E-state index contributed by atoms with van der Waals surface area (Å²) < 4.78 is 0.871. The van der Waals surface area contributed by atoms with E-state index in [1.165, 1.54) is 0 Å². The van der Waals surface area contributed by atoms with E-state index < -0.39 is 0 Å². The van der Waals surface area contributed by atoms with Crippen LogP contribution in [0.4, 0.5) is 5.69 Å². The minimum atomic E-state index is -0.132. The van der Waals surface area contributed by atoms with Crippen molar-refractivity contribution >= 4 is 61.8 Å². The second kappa shape index (κ2) is 6.91. The van der Waals surface area contributed by atoms with Crippen molar-refractivity contribution < 1.29 is 4.79 Å². The van der Waals surface area contributed by atoms with E-state index in [-0.39, 0.29) is 12.3 Å². The summed E-state index contributed by atoms with van der Waals surface area (Å²) in [5, 5.41) is 8.18. The van der Waals surface area contributed by atoms with Crippen LogP contribution in [0.1, 0.15) is 5.69 Å². The SMILES string of the molecule is O=C(Cc1csc(-c2cccs2)n1)Nc1ccc(Br)cc1Cl. The summed E-state index contributed by atoms with van der Waals surface area (Å²) >= 11 is 12.6. The molecule has 1 N–H and O–H groups in total. The number of nitrogens with zero attached hydrogens (tertiary/aromatic N) is 1. The van der Waals surface area contributed by atoms with Crippen molar-refractivity contribution in [3.05, 3.63) is 56.3 Å². The lowest BCUT2D eigenvalue weighted by Crippen LogP contribution is -2.14. The minimum absolute atomic E-state index is 0.132.